The van der Waals surface area contributed by atoms with E-state index in [0.717, 1.165) is 11.8 Å². The van der Waals surface area contributed by atoms with Crippen LogP contribution in [0.2, 0.25) is 0 Å². The van der Waals surface area contributed by atoms with Gasteiger partial charge >= 0.3 is 0 Å². The van der Waals surface area contributed by atoms with E-state index in [9.17, 15) is 13.2 Å². The van der Waals surface area contributed by atoms with Gasteiger partial charge in [0, 0.05) is 26.1 Å². The van der Waals surface area contributed by atoms with Crippen molar-refractivity contribution >= 4 is 15.9 Å². The van der Waals surface area contributed by atoms with Crippen LogP contribution in [0.4, 0.5) is 0 Å². The number of nitrogens with zero attached hydrogens (tertiary/aromatic N) is 1. The lowest BCUT2D eigenvalue weighted by Crippen LogP contribution is -2.35. The normalized spacial score (nSPS) is 11.4. The molecule has 0 radical (unpaired) electrons. The number of nitrogens with one attached hydrogen (secondary N) is 1. The fourth-order valence-electron chi connectivity index (χ4n) is 2.20. The smallest absolute Gasteiger partial charge is 0.221 e. The average Bonchev–Trinajstić information content (AvgIpc) is 2.55. The number of ether oxygens (including phenoxy) is 2. The highest BCUT2D eigenvalue weighted by molar-refractivity contribution is 7.88. The Morgan fingerprint density at radius 1 is 1.17 bits per heavy atom. The van der Waals surface area contributed by atoms with E-state index in [4.69, 9.17) is 9.47 Å². The van der Waals surface area contributed by atoms with Crippen molar-refractivity contribution in [3.63, 3.8) is 0 Å². The van der Waals surface area contributed by atoms with Gasteiger partial charge in [0.1, 0.15) is 0 Å². The van der Waals surface area contributed by atoms with Gasteiger partial charge in [-0.15, -0.1) is 0 Å². The number of hydrogen-bond acceptors (Lipinski definition) is 5. The molecule has 0 aliphatic rings. The highest BCUT2D eigenvalue weighted by Gasteiger charge is 2.16. The zero-order chi connectivity index (χ0) is 18.2. The second-order valence-electron chi connectivity index (χ2n) is 5.38. The number of methoxy groups -OCH3 is 2. The predicted octanol–water partition coefficient (Wildman–Crippen LogP) is 1.38. The monoisotopic (exact) mass is 358 g/mol. The molecule has 0 saturated carbocycles. The molecule has 136 valence electrons. The van der Waals surface area contributed by atoms with Gasteiger partial charge in [-0.1, -0.05) is 13.0 Å². The van der Waals surface area contributed by atoms with Crippen molar-refractivity contribution in [3.05, 3.63) is 23.8 Å². The van der Waals surface area contributed by atoms with Gasteiger partial charge in [0.05, 0.1) is 20.5 Å². The number of sulfonamides is 1. The summed E-state index contributed by atoms with van der Waals surface area (Å²) in [6, 6.07) is 5.40. The molecule has 0 heterocycles. The molecule has 0 bridgehead atoms. The third-order valence-corrected chi connectivity index (χ3v) is 4.77. The van der Waals surface area contributed by atoms with E-state index in [2.05, 4.69) is 5.32 Å². The summed E-state index contributed by atoms with van der Waals surface area (Å²) in [6.45, 7) is 2.84. The maximum Gasteiger partial charge on any atom is 0.221 e. The van der Waals surface area contributed by atoms with Gasteiger partial charge < -0.3 is 14.8 Å². The number of amides is 1. The lowest BCUT2D eigenvalue weighted by molar-refractivity contribution is -0.121. The molecule has 0 aliphatic carbocycles. The summed E-state index contributed by atoms with van der Waals surface area (Å²) in [7, 11) is -0.176. The van der Waals surface area contributed by atoms with E-state index >= 15 is 0 Å². The molecular weight excluding hydrogens is 332 g/mol. The Labute approximate surface area is 144 Å². The Hall–Kier alpha value is -1.80. The highest BCUT2D eigenvalue weighted by atomic mass is 32.2. The van der Waals surface area contributed by atoms with Crippen molar-refractivity contribution in [1.29, 1.82) is 0 Å². The van der Waals surface area contributed by atoms with Crippen molar-refractivity contribution in [2.75, 3.05) is 33.6 Å². The molecule has 1 aromatic rings. The summed E-state index contributed by atoms with van der Waals surface area (Å²) in [5, 5.41) is 2.78. The highest BCUT2D eigenvalue weighted by Crippen LogP contribution is 2.27. The van der Waals surface area contributed by atoms with Crippen molar-refractivity contribution in [2.45, 2.75) is 26.3 Å². The van der Waals surface area contributed by atoms with E-state index in [1.807, 2.05) is 13.0 Å². The molecule has 7 nitrogen and oxygen atoms in total. The Morgan fingerprint density at radius 2 is 1.83 bits per heavy atom. The van der Waals surface area contributed by atoms with Gasteiger partial charge in [-0.3, -0.25) is 4.79 Å². The minimum Gasteiger partial charge on any atom is -0.493 e. The molecule has 0 saturated heterocycles. The number of benzene rings is 1. The summed E-state index contributed by atoms with van der Waals surface area (Å²) in [4.78, 5) is 11.9. The lowest BCUT2D eigenvalue weighted by Gasteiger charge is -2.18. The Morgan fingerprint density at radius 3 is 2.38 bits per heavy atom. The largest absolute Gasteiger partial charge is 0.493 e. The van der Waals surface area contributed by atoms with Crippen LogP contribution >= 0.6 is 0 Å². The summed E-state index contributed by atoms with van der Waals surface area (Å²) >= 11 is 0. The topological polar surface area (TPSA) is 84.9 Å². The number of rotatable bonds is 10. The van der Waals surface area contributed by atoms with Crippen LogP contribution in [0, 0.1) is 0 Å². The van der Waals surface area contributed by atoms with Gasteiger partial charge in [-0.25, -0.2) is 12.7 Å². The zero-order valence-electron chi connectivity index (χ0n) is 14.7. The van der Waals surface area contributed by atoms with E-state index in [1.54, 1.807) is 26.4 Å². The second-order valence-corrected chi connectivity index (χ2v) is 7.36. The number of carbonyl (C=O) groups is 1. The predicted molar refractivity (Wildman–Crippen MR) is 92.7 cm³/mol. The zero-order valence-corrected chi connectivity index (χ0v) is 15.5. The summed E-state index contributed by atoms with van der Waals surface area (Å²) in [6.07, 6.45) is 1.99. The molecule has 0 atom stereocenters. The molecular formula is C16H26N2O5S. The standard InChI is InChI=1S/C16H26N2O5S/c1-5-9-18(24(4,20)21)10-8-16(19)17-12-13-6-7-14(22-2)15(11-13)23-3/h6-7,11H,5,8-10,12H2,1-4H3,(H,17,19). The quantitative estimate of drug-likeness (QED) is 0.683. The van der Waals surface area contributed by atoms with Crippen molar-refractivity contribution < 1.29 is 22.7 Å². The first kappa shape index (κ1) is 20.2. The Balaban J connectivity index is 2.54. The van der Waals surface area contributed by atoms with Crippen LogP contribution in [0.5, 0.6) is 11.5 Å². The first-order valence-corrected chi connectivity index (χ1v) is 9.59. The van der Waals surface area contributed by atoms with Crippen molar-refractivity contribution in [1.82, 2.24) is 9.62 Å². The van der Waals surface area contributed by atoms with E-state index in [1.165, 1.54) is 4.31 Å². The van der Waals surface area contributed by atoms with Crippen LogP contribution in [0.3, 0.4) is 0 Å². The van der Waals surface area contributed by atoms with Gasteiger partial charge in [0.2, 0.25) is 15.9 Å². The molecule has 0 aliphatic heterocycles. The molecule has 0 aromatic heterocycles. The summed E-state index contributed by atoms with van der Waals surface area (Å²) < 4.78 is 34.9. The maximum atomic E-state index is 11.9. The van der Waals surface area contributed by atoms with Crippen LogP contribution < -0.4 is 14.8 Å². The minimum absolute atomic E-state index is 0.125. The van der Waals surface area contributed by atoms with E-state index in [-0.39, 0.29) is 18.9 Å². The minimum atomic E-state index is -3.28. The molecule has 1 rings (SSSR count). The summed E-state index contributed by atoms with van der Waals surface area (Å²) in [5.41, 5.74) is 0.870. The van der Waals surface area contributed by atoms with Crippen LogP contribution in [-0.2, 0) is 21.4 Å². The van der Waals surface area contributed by atoms with Crippen molar-refractivity contribution in [3.8, 4) is 11.5 Å². The first-order valence-electron chi connectivity index (χ1n) is 7.74. The molecule has 1 amide bonds. The number of carbonyl (C=O) groups excluding carboxylic acids is 1. The van der Waals surface area contributed by atoms with Crippen LogP contribution in [0.1, 0.15) is 25.3 Å². The van der Waals surface area contributed by atoms with Crippen molar-refractivity contribution in [2.24, 2.45) is 0 Å². The Bertz CT molecular complexity index is 646. The van der Waals surface area contributed by atoms with Gasteiger partial charge in [0.15, 0.2) is 11.5 Å². The van der Waals surface area contributed by atoms with E-state index in [0.29, 0.717) is 31.0 Å². The summed E-state index contributed by atoms with van der Waals surface area (Å²) in [5.74, 6) is 1.01. The second kappa shape index (κ2) is 9.48. The van der Waals surface area contributed by atoms with Gasteiger partial charge in [-0.05, 0) is 24.1 Å². The fourth-order valence-corrected chi connectivity index (χ4v) is 3.14. The third-order valence-electron chi connectivity index (χ3n) is 3.47. The van der Waals surface area contributed by atoms with Crippen LogP contribution in [0.15, 0.2) is 18.2 Å². The third kappa shape index (κ3) is 6.37. The molecule has 24 heavy (non-hydrogen) atoms. The molecule has 0 spiro atoms. The van der Waals surface area contributed by atoms with Crippen LogP contribution in [-0.4, -0.2) is 52.2 Å². The lowest BCUT2D eigenvalue weighted by atomic mass is 10.2. The molecule has 8 heteroatoms. The maximum absolute atomic E-state index is 11.9. The van der Waals surface area contributed by atoms with Gasteiger partial charge in [-0.2, -0.15) is 0 Å². The number of hydrogen-bond donors (Lipinski definition) is 1. The first-order chi connectivity index (χ1) is 11.3. The molecule has 1 N–H and O–H groups in total. The molecule has 0 fully saturated rings. The van der Waals surface area contributed by atoms with Gasteiger partial charge in [0.25, 0.3) is 0 Å². The average molecular weight is 358 g/mol. The molecule has 1 aromatic carbocycles. The fraction of sp³-hybridized carbons (Fsp3) is 0.562. The van der Waals surface area contributed by atoms with E-state index < -0.39 is 10.0 Å². The SMILES string of the molecule is CCCN(CCC(=O)NCc1ccc(OC)c(OC)c1)S(C)(=O)=O. The van der Waals surface area contributed by atoms with Crippen LogP contribution in [0.25, 0.3) is 0 Å². The molecule has 0 unspecified atom stereocenters. The Kier molecular flexibility index (Phi) is 8.00.